The molecule has 1 aromatic rings. The van der Waals surface area contributed by atoms with Crippen molar-refractivity contribution >= 4 is 23.5 Å². The van der Waals surface area contributed by atoms with Gasteiger partial charge in [0.25, 0.3) is 0 Å². The van der Waals surface area contributed by atoms with Crippen LogP contribution in [0.1, 0.15) is 37.7 Å². The quantitative estimate of drug-likeness (QED) is 0.314. The molecule has 6 heteroatoms. The van der Waals surface area contributed by atoms with Crippen LogP contribution in [0.25, 0.3) is 0 Å². The van der Waals surface area contributed by atoms with Gasteiger partial charge in [-0.3, -0.25) is 9.79 Å². The fourth-order valence-electron chi connectivity index (χ4n) is 2.10. The number of benzene rings is 1. The fraction of sp³-hybridized carbons (Fsp3) is 0.529. The van der Waals surface area contributed by atoms with E-state index in [2.05, 4.69) is 20.4 Å². The third kappa shape index (κ3) is 8.45. The minimum atomic E-state index is -0.132. The van der Waals surface area contributed by atoms with Gasteiger partial charge >= 0.3 is 5.97 Å². The smallest absolute Gasteiger partial charge is 0.305 e. The Balaban J connectivity index is 2.13. The minimum Gasteiger partial charge on any atom is -0.469 e. The average Bonchev–Trinajstić information content (AvgIpc) is 2.57. The molecule has 0 aliphatic rings. The van der Waals surface area contributed by atoms with Crippen molar-refractivity contribution < 1.29 is 9.53 Å². The van der Waals surface area contributed by atoms with E-state index in [9.17, 15) is 4.79 Å². The third-order valence-electron chi connectivity index (χ3n) is 3.46. The lowest BCUT2D eigenvalue weighted by molar-refractivity contribution is -0.140. The predicted octanol–water partition coefficient (Wildman–Crippen LogP) is 3.13. The van der Waals surface area contributed by atoms with Crippen LogP contribution in [0, 0.1) is 0 Å². The summed E-state index contributed by atoms with van der Waals surface area (Å²) in [6.45, 7) is 1.49. The molecule has 2 N–H and O–H groups in total. The van der Waals surface area contributed by atoms with Gasteiger partial charge < -0.3 is 15.4 Å². The van der Waals surface area contributed by atoms with Crippen molar-refractivity contribution in [1.82, 2.24) is 10.6 Å². The van der Waals surface area contributed by atoms with E-state index in [-0.39, 0.29) is 5.97 Å². The van der Waals surface area contributed by atoms with E-state index >= 15 is 0 Å². The Hall–Kier alpha value is -1.75. The summed E-state index contributed by atoms with van der Waals surface area (Å²) in [5, 5.41) is 7.27. The van der Waals surface area contributed by atoms with Crippen LogP contribution in [0.3, 0.4) is 0 Å². The zero-order chi connectivity index (χ0) is 16.9. The zero-order valence-corrected chi connectivity index (χ0v) is 14.7. The molecule has 1 rings (SSSR count). The molecule has 0 heterocycles. The molecule has 5 nitrogen and oxygen atoms in total. The van der Waals surface area contributed by atoms with Crippen molar-refractivity contribution in [3.05, 3.63) is 34.9 Å². The Morgan fingerprint density at radius 3 is 2.61 bits per heavy atom. The highest BCUT2D eigenvalue weighted by Gasteiger charge is 2.02. The molecule has 0 saturated heterocycles. The molecule has 0 atom stereocenters. The van der Waals surface area contributed by atoms with Gasteiger partial charge in [0, 0.05) is 31.6 Å². The molecular formula is C17H26ClN3O2. The lowest BCUT2D eigenvalue weighted by atomic mass is 10.1. The van der Waals surface area contributed by atoms with E-state index in [4.69, 9.17) is 11.6 Å². The highest BCUT2D eigenvalue weighted by atomic mass is 35.5. The topological polar surface area (TPSA) is 62.7 Å². The molecule has 0 bridgehead atoms. The summed E-state index contributed by atoms with van der Waals surface area (Å²) in [5.41, 5.74) is 1.04. The Morgan fingerprint density at radius 1 is 1.17 bits per heavy atom. The first-order valence-electron chi connectivity index (χ1n) is 7.92. The standard InChI is InChI=1S/C17H26ClN3O2/c1-19-17(21-13-14-9-6-7-10-15(14)18)20-12-8-4-3-5-11-16(22)23-2/h6-7,9-10H,3-5,8,11-13H2,1-2H3,(H2,19,20,21). The van der Waals surface area contributed by atoms with Crippen molar-refractivity contribution in [2.24, 2.45) is 4.99 Å². The summed E-state index contributed by atoms with van der Waals surface area (Å²) >= 11 is 6.13. The lowest BCUT2D eigenvalue weighted by Crippen LogP contribution is -2.37. The maximum atomic E-state index is 11.0. The molecule has 0 aliphatic carbocycles. The summed E-state index contributed by atoms with van der Waals surface area (Å²) in [7, 11) is 3.17. The van der Waals surface area contributed by atoms with Gasteiger partial charge in [0.1, 0.15) is 0 Å². The van der Waals surface area contributed by atoms with Gasteiger partial charge in [0.2, 0.25) is 0 Å². The van der Waals surface area contributed by atoms with E-state index in [1.54, 1.807) is 7.05 Å². The molecule has 0 radical (unpaired) electrons. The van der Waals surface area contributed by atoms with Crippen LogP contribution in [0.4, 0.5) is 0 Å². The number of aliphatic imine (C=N–C) groups is 1. The average molecular weight is 340 g/mol. The number of carbonyl (C=O) groups excluding carboxylic acids is 1. The van der Waals surface area contributed by atoms with Crippen LogP contribution in [0.2, 0.25) is 5.02 Å². The second-order valence-corrected chi connectivity index (χ2v) is 5.59. The molecule has 0 spiro atoms. The van der Waals surface area contributed by atoms with E-state index in [1.165, 1.54) is 7.11 Å². The largest absolute Gasteiger partial charge is 0.469 e. The van der Waals surface area contributed by atoms with Crippen molar-refractivity contribution in [2.45, 2.75) is 38.6 Å². The van der Waals surface area contributed by atoms with Crippen LogP contribution in [0.5, 0.6) is 0 Å². The van der Waals surface area contributed by atoms with Crippen LogP contribution in [0.15, 0.2) is 29.3 Å². The van der Waals surface area contributed by atoms with Crippen molar-refractivity contribution in [1.29, 1.82) is 0 Å². The first-order valence-corrected chi connectivity index (χ1v) is 8.30. The number of rotatable bonds is 9. The monoisotopic (exact) mass is 339 g/mol. The Labute approximate surface area is 143 Å². The number of nitrogens with zero attached hydrogens (tertiary/aromatic N) is 1. The number of guanidine groups is 1. The van der Waals surface area contributed by atoms with Crippen molar-refractivity contribution in [3.63, 3.8) is 0 Å². The predicted molar refractivity (Wildman–Crippen MR) is 94.8 cm³/mol. The number of carbonyl (C=O) groups is 1. The van der Waals surface area contributed by atoms with Gasteiger partial charge in [0.15, 0.2) is 5.96 Å². The van der Waals surface area contributed by atoms with Crippen molar-refractivity contribution in [2.75, 3.05) is 20.7 Å². The van der Waals surface area contributed by atoms with Gasteiger partial charge in [-0.1, -0.05) is 42.6 Å². The molecule has 0 amide bonds. The third-order valence-corrected chi connectivity index (χ3v) is 3.82. The van der Waals surface area contributed by atoms with Gasteiger partial charge in [-0.25, -0.2) is 0 Å². The van der Waals surface area contributed by atoms with Crippen LogP contribution in [-0.4, -0.2) is 32.6 Å². The first kappa shape index (κ1) is 19.3. The van der Waals surface area contributed by atoms with Crippen molar-refractivity contribution in [3.8, 4) is 0 Å². The Morgan fingerprint density at radius 2 is 1.91 bits per heavy atom. The molecule has 0 saturated carbocycles. The summed E-state index contributed by atoms with van der Waals surface area (Å²) in [5.74, 6) is 0.631. The number of unbranched alkanes of at least 4 members (excludes halogenated alkanes) is 3. The zero-order valence-electron chi connectivity index (χ0n) is 13.9. The van der Waals surface area contributed by atoms with E-state index in [0.29, 0.717) is 13.0 Å². The lowest BCUT2D eigenvalue weighted by Gasteiger charge is -2.12. The summed E-state index contributed by atoms with van der Waals surface area (Å²) in [6, 6.07) is 7.75. The summed E-state index contributed by atoms with van der Waals surface area (Å²) in [4.78, 5) is 15.2. The van der Waals surface area contributed by atoms with E-state index < -0.39 is 0 Å². The molecule has 23 heavy (non-hydrogen) atoms. The molecular weight excluding hydrogens is 314 g/mol. The maximum Gasteiger partial charge on any atom is 0.305 e. The number of halogens is 1. The van der Waals surface area contributed by atoms with E-state index in [1.807, 2.05) is 24.3 Å². The van der Waals surface area contributed by atoms with Crippen LogP contribution >= 0.6 is 11.6 Å². The van der Waals surface area contributed by atoms with Gasteiger partial charge in [-0.2, -0.15) is 0 Å². The van der Waals surface area contributed by atoms with Crippen LogP contribution < -0.4 is 10.6 Å². The number of hydrogen-bond acceptors (Lipinski definition) is 3. The number of methoxy groups -OCH3 is 1. The Bertz CT molecular complexity index is 506. The molecule has 0 unspecified atom stereocenters. The van der Waals surface area contributed by atoms with Gasteiger partial charge in [-0.05, 0) is 24.5 Å². The highest BCUT2D eigenvalue weighted by molar-refractivity contribution is 6.31. The minimum absolute atomic E-state index is 0.132. The first-order chi connectivity index (χ1) is 11.2. The maximum absolute atomic E-state index is 11.0. The van der Waals surface area contributed by atoms with E-state index in [0.717, 1.165) is 48.8 Å². The fourth-order valence-corrected chi connectivity index (χ4v) is 2.30. The number of esters is 1. The number of nitrogens with one attached hydrogen (secondary N) is 2. The molecule has 1 aromatic carbocycles. The van der Waals surface area contributed by atoms with Gasteiger partial charge in [-0.15, -0.1) is 0 Å². The number of ether oxygens (including phenoxy) is 1. The molecule has 0 fully saturated rings. The summed E-state index contributed by atoms with van der Waals surface area (Å²) < 4.78 is 4.61. The molecule has 0 aromatic heterocycles. The second kappa shape index (κ2) is 11.8. The highest BCUT2D eigenvalue weighted by Crippen LogP contribution is 2.14. The molecule has 0 aliphatic heterocycles. The molecule has 128 valence electrons. The summed E-state index contributed by atoms with van der Waals surface area (Å²) in [6.07, 6.45) is 4.53. The SMILES string of the molecule is CN=C(NCCCCCCC(=O)OC)NCc1ccccc1Cl. The second-order valence-electron chi connectivity index (χ2n) is 5.18. The normalized spacial score (nSPS) is 11.2. The number of hydrogen-bond donors (Lipinski definition) is 2. The van der Waals surface area contributed by atoms with Crippen LogP contribution in [-0.2, 0) is 16.1 Å². The Kier molecular flexibility index (Phi) is 9.87. The van der Waals surface area contributed by atoms with Gasteiger partial charge in [0.05, 0.1) is 7.11 Å².